The van der Waals surface area contributed by atoms with Crippen LogP contribution in [0, 0.1) is 6.92 Å². The van der Waals surface area contributed by atoms with Gasteiger partial charge in [0.25, 0.3) is 0 Å². The largest absolute Gasteiger partial charge is 0.480 e. The molecular formula is C16H18N2O2. The Morgan fingerprint density at radius 2 is 2.15 bits per heavy atom. The number of benzene rings is 1. The molecule has 0 spiro atoms. The van der Waals surface area contributed by atoms with Gasteiger partial charge in [-0.15, -0.1) is 0 Å². The third kappa shape index (κ3) is 2.22. The molecule has 1 saturated heterocycles. The summed E-state index contributed by atoms with van der Waals surface area (Å²) in [6.07, 6.45) is 2.68. The van der Waals surface area contributed by atoms with Gasteiger partial charge in [-0.3, -0.25) is 0 Å². The lowest BCUT2D eigenvalue weighted by Gasteiger charge is -2.34. The zero-order valence-corrected chi connectivity index (χ0v) is 11.5. The number of hydrogen-bond acceptors (Lipinski definition) is 3. The number of hydrogen-bond donors (Lipinski definition) is 1. The summed E-state index contributed by atoms with van der Waals surface area (Å²) >= 11 is 0. The number of nitrogens with zero attached hydrogens (tertiary/aromatic N) is 2. The number of fused-ring (bicyclic) bond motifs is 1. The Morgan fingerprint density at radius 3 is 2.95 bits per heavy atom. The molecule has 0 aliphatic carbocycles. The average molecular weight is 270 g/mol. The SMILES string of the molecule is Cc1cc2ccccc2c(N2CCCCC2C(=O)O)n1. The minimum atomic E-state index is -0.753. The van der Waals surface area contributed by atoms with Gasteiger partial charge in [-0.25, -0.2) is 9.78 Å². The van der Waals surface area contributed by atoms with Crippen molar-refractivity contribution >= 4 is 22.6 Å². The van der Waals surface area contributed by atoms with E-state index in [9.17, 15) is 9.90 Å². The first-order chi connectivity index (χ1) is 9.66. The van der Waals surface area contributed by atoms with Gasteiger partial charge in [0.05, 0.1) is 0 Å². The van der Waals surface area contributed by atoms with Crippen LogP contribution in [0.25, 0.3) is 10.8 Å². The highest BCUT2D eigenvalue weighted by atomic mass is 16.4. The molecule has 1 fully saturated rings. The Labute approximate surface area is 118 Å². The van der Waals surface area contributed by atoms with Crippen molar-refractivity contribution in [1.82, 2.24) is 4.98 Å². The van der Waals surface area contributed by atoms with Gasteiger partial charge in [-0.05, 0) is 37.6 Å². The molecule has 1 N–H and O–H groups in total. The second-order valence-corrected chi connectivity index (χ2v) is 5.35. The number of anilines is 1. The predicted molar refractivity (Wildman–Crippen MR) is 79.1 cm³/mol. The molecule has 1 aromatic carbocycles. The van der Waals surface area contributed by atoms with E-state index < -0.39 is 12.0 Å². The molecule has 1 aliphatic rings. The maximum atomic E-state index is 11.5. The Morgan fingerprint density at radius 1 is 1.35 bits per heavy atom. The summed E-state index contributed by atoms with van der Waals surface area (Å²) in [7, 11) is 0. The van der Waals surface area contributed by atoms with Crippen molar-refractivity contribution in [3.8, 4) is 0 Å². The minimum absolute atomic E-state index is 0.457. The summed E-state index contributed by atoms with van der Waals surface area (Å²) in [5.74, 6) is 0.0600. The maximum Gasteiger partial charge on any atom is 0.326 e. The molecule has 3 rings (SSSR count). The van der Waals surface area contributed by atoms with Crippen LogP contribution in [0.15, 0.2) is 30.3 Å². The number of piperidine rings is 1. The van der Waals surface area contributed by atoms with Crippen LogP contribution in [-0.4, -0.2) is 28.6 Å². The lowest BCUT2D eigenvalue weighted by molar-refractivity contribution is -0.139. The molecule has 1 atom stereocenters. The number of carboxylic acids is 1. The van der Waals surface area contributed by atoms with Gasteiger partial charge in [0, 0.05) is 17.6 Å². The fraction of sp³-hybridized carbons (Fsp3) is 0.375. The number of carboxylic acid groups (broad SMARTS) is 1. The van der Waals surface area contributed by atoms with E-state index in [-0.39, 0.29) is 0 Å². The van der Waals surface area contributed by atoms with Crippen molar-refractivity contribution in [3.05, 3.63) is 36.0 Å². The predicted octanol–water partition coefficient (Wildman–Crippen LogP) is 2.99. The van der Waals surface area contributed by atoms with Crippen molar-refractivity contribution in [2.45, 2.75) is 32.2 Å². The van der Waals surface area contributed by atoms with E-state index in [0.717, 1.165) is 41.7 Å². The molecule has 104 valence electrons. The number of rotatable bonds is 2. The molecule has 1 aromatic heterocycles. The minimum Gasteiger partial charge on any atom is -0.480 e. The molecule has 0 bridgehead atoms. The van der Waals surface area contributed by atoms with Crippen LogP contribution in [0.3, 0.4) is 0 Å². The Balaban J connectivity index is 2.14. The van der Waals surface area contributed by atoms with Crippen LogP contribution >= 0.6 is 0 Å². The third-order valence-corrected chi connectivity index (χ3v) is 3.91. The van der Waals surface area contributed by atoms with Crippen molar-refractivity contribution in [1.29, 1.82) is 0 Å². The third-order valence-electron chi connectivity index (χ3n) is 3.91. The van der Waals surface area contributed by atoms with Crippen LogP contribution in [0.4, 0.5) is 5.82 Å². The first-order valence-corrected chi connectivity index (χ1v) is 7.02. The molecule has 0 amide bonds. The molecule has 4 nitrogen and oxygen atoms in total. The van der Waals surface area contributed by atoms with Crippen molar-refractivity contribution < 1.29 is 9.90 Å². The lowest BCUT2D eigenvalue weighted by atomic mass is 10.0. The molecule has 2 aromatic rings. The van der Waals surface area contributed by atoms with E-state index in [1.807, 2.05) is 42.2 Å². The van der Waals surface area contributed by atoms with Gasteiger partial charge in [0.2, 0.25) is 0 Å². The van der Waals surface area contributed by atoms with Crippen LogP contribution < -0.4 is 4.90 Å². The topological polar surface area (TPSA) is 53.4 Å². The summed E-state index contributed by atoms with van der Waals surface area (Å²) < 4.78 is 0. The second-order valence-electron chi connectivity index (χ2n) is 5.35. The van der Waals surface area contributed by atoms with Gasteiger partial charge in [-0.1, -0.05) is 24.3 Å². The fourth-order valence-corrected chi connectivity index (χ4v) is 2.97. The fourth-order valence-electron chi connectivity index (χ4n) is 2.97. The van der Waals surface area contributed by atoms with Crippen molar-refractivity contribution in [2.75, 3.05) is 11.4 Å². The first-order valence-electron chi connectivity index (χ1n) is 7.02. The van der Waals surface area contributed by atoms with Gasteiger partial charge in [0.1, 0.15) is 11.9 Å². The summed E-state index contributed by atoms with van der Waals surface area (Å²) in [4.78, 5) is 18.1. The van der Waals surface area contributed by atoms with E-state index in [1.165, 1.54) is 0 Å². The van der Waals surface area contributed by atoms with E-state index in [4.69, 9.17) is 0 Å². The second kappa shape index (κ2) is 5.12. The Bertz CT molecular complexity index is 654. The summed E-state index contributed by atoms with van der Waals surface area (Å²) in [5, 5.41) is 11.6. The van der Waals surface area contributed by atoms with Crippen molar-refractivity contribution in [3.63, 3.8) is 0 Å². The van der Waals surface area contributed by atoms with Crippen LogP contribution in [0.1, 0.15) is 25.0 Å². The number of aliphatic carboxylic acids is 1. The smallest absolute Gasteiger partial charge is 0.326 e. The molecule has 1 unspecified atom stereocenters. The van der Waals surface area contributed by atoms with E-state index in [2.05, 4.69) is 4.98 Å². The molecule has 1 aliphatic heterocycles. The number of pyridine rings is 1. The zero-order chi connectivity index (χ0) is 14.1. The van der Waals surface area contributed by atoms with Gasteiger partial charge < -0.3 is 10.0 Å². The Hall–Kier alpha value is -2.10. The molecular weight excluding hydrogens is 252 g/mol. The molecule has 0 radical (unpaired) electrons. The van der Waals surface area contributed by atoms with Crippen LogP contribution in [0.5, 0.6) is 0 Å². The molecule has 4 heteroatoms. The average Bonchev–Trinajstić information content (AvgIpc) is 2.46. The van der Waals surface area contributed by atoms with Crippen molar-refractivity contribution in [2.24, 2.45) is 0 Å². The van der Waals surface area contributed by atoms with Gasteiger partial charge in [-0.2, -0.15) is 0 Å². The number of aromatic nitrogens is 1. The maximum absolute atomic E-state index is 11.5. The summed E-state index contributed by atoms with van der Waals surface area (Å²) in [6.45, 7) is 2.72. The number of carbonyl (C=O) groups is 1. The highest BCUT2D eigenvalue weighted by molar-refractivity contribution is 5.94. The summed E-state index contributed by atoms with van der Waals surface area (Å²) in [5.41, 5.74) is 0.924. The first kappa shape index (κ1) is 12.9. The highest BCUT2D eigenvalue weighted by Crippen LogP contribution is 2.30. The lowest BCUT2D eigenvalue weighted by Crippen LogP contribution is -2.45. The van der Waals surface area contributed by atoms with Crippen LogP contribution in [-0.2, 0) is 4.79 Å². The molecule has 0 saturated carbocycles. The monoisotopic (exact) mass is 270 g/mol. The quantitative estimate of drug-likeness (QED) is 0.911. The highest BCUT2D eigenvalue weighted by Gasteiger charge is 2.30. The normalized spacial score (nSPS) is 19.2. The Kier molecular flexibility index (Phi) is 3.30. The van der Waals surface area contributed by atoms with Crippen LogP contribution in [0.2, 0.25) is 0 Å². The van der Waals surface area contributed by atoms with E-state index in [1.54, 1.807) is 0 Å². The number of aryl methyl sites for hydroxylation is 1. The van der Waals surface area contributed by atoms with E-state index in [0.29, 0.717) is 6.42 Å². The summed E-state index contributed by atoms with van der Waals surface area (Å²) in [6, 6.07) is 9.62. The van der Waals surface area contributed by atoms with Gasteiger partial charge in [0.15, 0.2) is 0 Å². The molecule has 2 heterocycles. The molecule has 20 heavy (non-hydrogen) atoms. The van der Waals surface area contributed by atoms with Gasteiger partial charge >= 0.3 is 5.97 Å². The zero-order valence-electron chi connectivity index (χ0n) is 11.5. The standard InChI is InChI=1S/C16H18N2O2/c1-11-10-12-6-2-3-7-13(12)15(17-11)18-9-5-4-8-14(18)16(19)20/h2-3,6-7,10,14H,4-5,8-9H2,1H3,(H,19,20). The van der Waals surface area contributed by atoms with E-state index >= 15 is 0 Å².